The van der Waals surface area contributed by atoms with Gasteiger partial charge in [0.1, 0.15) is 5.75 Å². The molecule has 1 fully saturated rings. The highest BCUT2D eigenvalue weighted by atomic mass is 16.6. The lowest BCUT2D eigenvalue weighted by atomic mass is 9.87. The quantitative estimate of drug-likeness (QED) is 0.668. The lowest BCUT2D eigenvalue weighted by molar-refractivity contribution is -0.384. The average molecular weight is 292 g/mol. The van der Waals surface area contributed by atoms with E-state index in [1.807, 2.05) is 0 Å². The summed E-state index contributed by atoms with van der Waals surface area (Å²) in [6, 6.07) is 6.06. The Hall–Kier alpha value is -2.11. The van der Waals surface area contributed by atoms with Gasteiger partial charge in [-0.1, -0.05) is 13.0 Å². The summed E-state index contributed by atoms with van der Waals surface area (Å²) >= 11 is 0. The maximum Gasteiger partial charge on any atom is 0.273 e. The van der Waals surface area contributed by atoms with Crippen molar-refractivity contribution in [2.75, 3.05) is 6.61 Å². The van der Waals surface area contributed by atoms with Gasteiger partial charge in [0.25, 0.3) is 11.6 Å². The second-order valence-corrected chi connectivity index (χ2v) is 5.57. The zero-order valence-corrected chi connectivity index (χ0v) is 12.1. The normalized spacial score (nSPS) is 21.6. The van der Waals surface area contributed by atoms with Crippen molar-refractivity contribution < 1.29 is 14.5 Å². The summed E-state index contributed by atoms with van der Waals surface area (Å²) in [6.45, 7) is 2.11. The fourth-order valence-corrected chi connectivity index (χ4v) is 2.51. The molecule has 0 radical (unpaired) electrons. The zero-order valence-electron chi connectivity index (χ0n) is 12.1. The molecule has 6 nitrogen and oxygen atoms in total. The first-order chi connectivity index (χ1) is 10.0. The van der Waals surface area contributed by atoms with Gasteiger partial charge >= 0.3 is 0 Å². The summed E-state index contributed by atoms with van der Waals surface area (Å²) in [5, 5.41) is 13.6. The van der Waals surface area contributed by atoms with Gasteiger partial charge in [0.2, 0.25) is 0 Å². The number of carbonyl (C=O) groups is 1. The Morgan fingerprint density at radius 3 is 2.76 bits per heavy atom. The molecule has 1 N–H and O–H groups in total. The van der Waals surface area contributed by atoms with Crippen LogP contribution in [-0.4, -0.2) is 23.5 Å². The molecule has 0 bridgehead atoms. The number of hydrogen-bond acceptors (Lipinski definition) is 4. The number of non-ortho nitro benzene ring substituents is 1. The van der Waals surface area contributed by atoms with Crippen molar-refractivity contribution in [3.8, 4) is 5.75 Å². The Labute approximate surface area is 123 Å². The van der Waals surface area contributed by atoms with E-state index in [1.54, 1.807) is 6.07 Å². The number of nitrogens with one attached hydrogen (secondary N) is 1. The van der Waals surface area contributed by atoms with Crippen molar-refractivity contribution in [1.29, 1.82) is 0 Å². The maximum atomic E-state index is 11.8. The van der Waals surface area contributed by atoms with Crippen LogP contribution >= 0.6 is 0 Å². The topological polar surface area (TPSA) is 81.5 Å². The van der Waals surface area contributed by atoms with Crippen LogP contribution in [-0.2, 0) is 4.79 Å². The van der Waals surface area contributed by atoms with Crippen LogP contribution in [0.5, 0.6) is 5.75 Å². The monoisotopic (exact) mass is 292 g/mol. The molecule has 6 heteroatoms. The Morgan fingerprint density at radius 1 is 1.38 bits per heavy atom. The fraction of sp³-hybridized carbons (Fsp3) is 0.533. The molecular weight excluding hydrogens is 272 g/mol. The number of hydrogen-bond donors (Lipinski definition) is 1. The highest BCUT2D eigenvalue weighted by Gasteiger charge is 2.19. The van der Waals surface area contributed by atoms with E-state index >= 15 is 0 Å². The Balaban J connectivity index is 1.78. The summed E-state index contributed by atoms with van der Waals surface area (Å²) in [6.07, 6.45) is 4.28. The van der Waals surface area contributed by atoms with Crippen molar-refractivity contribution >= 4 is 11.6 Å². The van der Waals surface area contributed by atoms with Gasteiger partial charge in [-0.15, -0.1) is 0 Å². The average Bonchev–Trinajstić information content (AvgIpc) is 2.48. The van der Waals surface area contributed by atoms with Gasteiger partial charge in [-0.2, -0.15) is 0 Å². The molecule has 0 saturated heterocycles. The molecule has 1 aliphatic rings. The highest BCUT2D eigenvalue weighted by Crippen LogP contribution is 2.23. The number of nitrogens with zero attached hydrogens (tertiary/aromatic N) is 1. The number of amides is 1. The molecule has 1 aromatic carbocycles. The smallest absolute Gasteiger partial charge is 0.273 e. The van der Waals surface area contributed by atoms with E-state index in [-0.39, 0.29) is 24.2 Å². The molecule has 1 aliphatic carbocycles. The van der Waals surface area contributed by atoms with Crippen LogP contribution in [0.4, 0.5) is 5.69 Å². The van der Waals surface area contributed by atoms with Gasteiger partial charge in [0, 0.05) is 12.1 Å². The Bertz CT molecular complexity index is 510. The van der Waals surface area contributed by atoms with Crippen molar-refractivity contribution in [1.82, 2.24) is 5.32 Å². The molecule has 0 heterocycles. The molecule has 0 aromatic heterocycles. The van der Waals surface area contributed by atoms with Gasteiger partial charge in [0.15, 0.2) is 6.61 Å². The zero-order chi connectivity index (χ0) is 15.2. The Kier molecular flexibility index (Phi) is 5.14. The number of rotatable bonds is 5. The van der Waals surface area contributed by atoms with Crippen LogP contribution in [0.2, 0.25) is 0 Å². The molecular formula is C15H20N2O4. The van der Waals surface area contributed by atoms with Crippen LogP contribution in [0.3, 0.4) is 0 Å². The van der Waals surface area contributed by atoms with E-state index in [0.29, 0.717) is 5.75 Å². The predicted molar refractivity (Wildman–Crippen MR) is 78.2 cm³/mol. The first kappa shape index (κ1) is 15.3. The third-order valence-corrected chi connectivity index (χ3v) is 3.78. The molecule has 21 heavy (non-hydrogen) atoms. The molecule has 1 aromatic rings. The highest BCUT2D eigenvalue weighted by molar-refractivity contribution is 5.77. The van der Waals surface area contributed by atoms with Crippen molar-refractivity contribution in [3.05, 3.63) is 34.4 Å². The maximum absolute atomic E-state index is 11.8. The van der Waals surface area contributed by atoms with Gasteiger partial charge in [-0.25, -0.2) is 0 Å². The van der Waals surface area contributed by atoms with Gasteiger partial charge in [-0.05, 0) is 37.7 Å². The summed E-state index contributed by atoms with van der Waals surface area (Å²) in [5.74, 6) is 0.886. The first-order valence-corrected chi connectivity index (χ1v) is 7.21. The van der Waals surface area contributed by atoms with Gasteiger partial charge in [-0.3, -0.25) is 14.9 Å². The predicted octanol–water partition coefficient (Wildman–Crippen LogP) is 2.67. The lowest BCUT2D eigenvalue weighted by Gasteiger charge is -2.26. The van der Waals surface area contributed by atoms with E-state index in [4.69, 9.17) is 4.74 Å². The molecule has 0 unspecified atom stereocenters. The third-order valence-electron chi connectivity index (χ3n) is 3.78. The molecule has 0 atom stereocenters. The minimum absolute atomic E-state index is 0.0471. The number of benzene rings is 1. The van der Waals surface area contributed by atoms with E-state index < -0.39 is 4.92 Å². The number of nitro benzene ring substituents is 1. The summed E-state index contributed by atoms with van der Waals surface area (Å²) in [5.41, 5.74) is -0.0471. The number of ether oxygens (including phenoxy) is 1. The van der Waals surface area contributed by atoms with Crippen molar-refractivity contribution in [2.24, 2.45) is 5.92 Å². The lowest BCUT2D eigenvalue weighted by Crippen LogP contribution is -2.39. The van der Waals surface area contributed by atoms with Crippen LogP contribution in [0.15, 0.2) is 24.3 Å². The van der Waals surface area contributed by atoms with Crippen LogP contribution < -0.4 is 10.1 Å². The van der Waals surface area contributed by atoms with Crippen molar-refractivity contribution in [2.45, 2.75) is 38.6 Å². The summed E-state index contributed by atoms with van der Waals surface area (Å²) < 4.78 is 5.30. The minimum atomic E-state index is -0.490. The summed E-state index contributed by atoms with van der Waals surface area (Å²) in [7, 11) is 0. The molecule has 0 spiro atoms. The molecule has 0 aliphatic heterocycles. The number of nitro groups is 1. The fourth-order valence-electron chi connectivity index (χ4n) is 2.51. The van der Waals surface area contributed by atoms with Crippen LogP contribution in [0.25, 0.3) is 0 Å². The second kappa shape index (κ2) is 7.06. The molecule has 1 saturated carbocycles. The molecule has 114 valence electrons. The van der Waals surface area contributed by atoms with E-state index in [9.17, 15) is 14.9 Å². The third kappa shape index (κ3) is 4.73. The van der Waals surface area contributed by atoms with Crippen molar-refractivity contribution in [3.63, 3.8) is 0 Å². The Morgan fingerprint density at radius 2 is 2.10 bits per heavy atom. The number of carbonyl (C=O) groups excluding carboxylic acids is 1. The van der Waals surface area contributed by atoms with Gasteiger partial charge < -0.3 is 10.1 Å². The standard InChI is InChI=1S/C15H20N2O4/c1-11-5-7-12(8-6-11)16-15(18)10-21-14-4-2-3-13(9-14)17(19)20/h2-4,9,11-12H,5-8,10H2,1H3,(H,16,18). The second-order valence-electron chi connectivity index (χ2n) is 5.57. The van der Waals surface area contributed by atoms with Crippen LogP contribution in [0.1, 0.15) is 32.6 Å². The minimum Gasteiger partial charge on any atom is -0.484 e. The molecule has 2 rings (SSSR count). The first-order valence-electron chi connectivity index (χ1n) is 7.21. The SMILES string of the molecule is CC1CCC(NC(=O)COc2cccc([N+](=O)[O-])c2)CC1. The van der Waals surface area contributed by atoms with E-state index in [1.165, 1.54) is 18.2 Å². The van der Waals surface area contributed by atoms with Gasteiger partial charge in [0.05, 0.1) is 11.0 Å². The van der Waals surface area contributed by atoms with E-state index in [0.717, 1.165) is 31.6 Å². The summed E-state index contributed by atoms with van der Waals surface area (Å²) in [4.78, 5) is 22.0. The molecule has 1 amide bonds. The van der Waals surface area contributed by atoms with E-state index in [2.05, 4.69) is 12.2 Å². The largest absolute Gasteiger partial charge is 0.484 e. The van der Waals surface area contributed by atoms with Crippen LogP contribution in [0, 0.1) is 16.0 Å².